The molecular weight excluding hydrogens is 284 g/mol. The van der Waals surface area contributed by atoms with Crippen LogP contribution in [0.25, 0.3) is 0 Å². The molecule has 1 aliphatic rings. The maximum Gasteiger partial charge on any atom is 0.274 e. The minimum atomic E-state index is -0.00802. The van der Waals surface area contributed by atoms with Gasteiger partial charge in [-0.3, -0.25) is 9.78 Å². The van der Waals surface area contributed by atoms with Gasteiger partial charge in [0.05, 0.1) is 16.9 Å². The van der Waals surface area contributed by atoms with Crippen LogP contribution in [0.3, 0.4) is 0 Å². The average molecular weight is 302 g/mol. The van der Waals surface area contributed by atoms with Crippen molar-refractivity contribution in [2.75, 3.05) is 13.1 Å². The Bertz CT molecular complexity index is 597. The molecule has 1 fully saturated rings. The molecule has 0 saturated carbocycles. The molecule has 110 valence electrons. The second-order valence-electron chi connectivity index (χ2n) is 5.43. The van der Waals surface area contributed by atoms with Crippen molar-refractivity contribution in [2.24, 2.45) is 5.92 Å². The van der Waals surface area contributed by atoms with Crippen LogP contribution in [0.4, 0.5) is 0 Å². The van der Waals surface area contributed by atoms with Gasteiger partial charge in [0, 0.05) is 37.3 Å². The number of piperidine rings is 1. The van der Waals surface area contributed by atoms with E-state index in [9.17, 15) is 4.79 Å². The fraction of sp³-hybridized carbons (Fsp3) is 0.467. The summed E-state index contributed by atoms with van der Waals surface area (Å²) in [5, 5.41) is 3.16. The lowest BCUT2D eigenvalue weighted by Crippen LogP contribution is -2.40. The molecule has 3 rings (SSSR count). The molecule has 2 aromatic rings. The van der Waals surface area contributed by atoms with Crippen LogP contribution in [0.5, 0.6) is 0 Å². The molecule has 0 aromatic carbocycles. The highest BCUT2D eigenvalue weighted by Gasteiger charge is 2.25. The largest absolute Gasteiger partial charge is 0.337 e. The van der Waals surface area contributed by atoms with Crippen molar-refractivity contribution in [3.05, 3.63) is 40.4 Å². The Morgan fingerprint density at radius 3 is 3.00 bits per heavy atom. The number of nitrogens with zero attached hydrogens (tertiary/aromatic N) is 4. The van der Waals surface area contributed by atoms with Crippen molar-refractivity contribution >= 4 is 17.2 Å². The first kappa shape index (κ1) is 14.1. The highest BCUT2D eigenvalue weighted by atomic mass is 32.1. The molecule has 0 unspecified atom stereocenters. The predicted octanol–water partition coefficient (Wildman–Crippen LogP) is 2.34. The van der Waals surface area contributed by atoms with Crippen LogP contribution in [-0.4, -0.2) is 38.8 Å². The van der Waals surface area contributed by atoms with E-state index in [0.29, 0.717) is 11.6 Å². The molecule has 0 aliphatic carbocycles. The average Bonchev–Trinajstić information content (AvgIpc) is 3.00. The van der Waals surface area contributed by atoms with Crippen LogP contribution in [0, 0.1) is 12.8 Å². The van der Waals surface area contributed by atoms with Gasteiger partial charge in [0.25, 0.3) is 5.91 Å². The summed E-state index contributed by atoms with van der Waals surface area (Å²) < 4.78 is 0. The van der Waals surface area contributed by atoms with Gasteiger partial charge in [-0.15, -0.1) is 11.3 Å². The molecule has 5 nitrogen and oxygen atoms in total. The number of likely N-dealkylation sites (tertiary alicyclic amines) is 1. The van der Waals surface area contributed by atoms with Gasteiger partial charge in [0.1, 0.15) is 5.69 Å². The lowest BCUT2D eigenvalue weighted by atomic mass is 9.95. The van der Waals surface area contributed by atoms with Crippen molar-refractivity contribution < 1.29 is 4.79 Å². The second-order valence-corrected chi connectivity index (χ2v) is 6.41. The SMILES string of the molecule is Cc1cnc(C(=O)N2CCC[C@H](Cc3nccs3)C2)cn1. The molecule has 1 amide bonds. The number of carbonyl (C=O) groups excluding carboxylic acids is 1. The Morgan fingerprint density at radius 1 is 1.38 bits per heavy atom. The molecule has 6 heteroatoms. The normalized spacial score (nSPS) is 18.7. The van der Waals surface area contributed by atoms with Crippen molar-refractivity contribution in [1.29, 1.82) is 0 Å². The topological polar surface area (TPSA) is 59.0 Å². The Hall–Kier alpha value is -1.82. The molecule has 1 aliphatic heterocycles. The number of hydrogen-bond acceptors (Lipinski definition) is 5. The van der Waals surface area contributed by atoms with Gasteiger partial charge < -0.3 is 4.90 Å². The number of aryl methyl sites for hydroxylation is 1. The number of aromatic nitrogens is 3. The summed E-state index contributed by atoms with van der Waals surface area (Å²) in [4.78, 5) is 27.1. The summed E-state index contributed by atoms with van der Waals surface area (Å²) >= 11 is 1.69. The monoisotopic (exact) mass is 302 g/mol. The van der Waals surface area contributed by atoms with Crippen LogP contribution in [0.1, 0.15) is 34.0 Å². The molecule has 1 saturated heterocycles. The zero-order valence-electron chi connectivity index (χ0n) is 12.0. The van der Waals surface area contributed by atoms with E-state index in [1.807, 2.05) is 23.4 Å². The molecule has 1 atom stereocenters. The number of hydrogen-bond donors (Lipinski definition) is 0. The lowest BCUT2D eigenvalue weighted by molar-refractivity contribution is 0.0667. The molecule has 0 bridgehead atoms. The fourth-order valence-corrected chi connectivity index (χ4v) is 3.41. The van der Waals surface area contributed by atoms with Crippen molar-refractivity contribution in [3.63, 3.8) is 0 Å². The zero-order chi connectivity index (χ0) is 14.7. The van der Waals surface area contributed by atoms with Crippen molar-refractivity contribution in [2.45, 2.75) is 26.2 Å². The van der Waals surface area contributed by atoms with Crippen molar-refractivity contribution in [3.8, 4) is 0 Å². The number of amides is 1. The number of carbonyl (C=O) groups is 1. The van der Waals surface area contributed by atoms with Crippen LogP contribution in [0.2, 0.25) is 0 Å². The number of rotatable bonds is 3. The second kappa shape index (κ2) is 6.30. The summed E-state index contributed by atoms with van der Waals surface area (Å²) in [5.74, 6) is 0.485. The van der Waals surface area contributed by atoms with E-state index in [1.54, 1.807) is 23.7 Å². The quantitative estimate of drug-likeness (QED) is 0.873. The minimum Gasteiger partial charge on any atom is -0.337 e. The Balaban J connectivity index is 1.65. The molecule has 0 spiro atoms. The Labute approximate surface area is 128 Å². The van der Waals surface area contributed by atoms with E-state index in [0.717, 1.165) is 43.1 Å². The van der Waals surface area contributed by atoms with E-state index in [4.69, 9.17) is 0 Å². The van der Waals surface area contributed by atoms with E-state index in [1.165, 1.54) is 0 Å². The summed E-state index contributed by atoms with van der Waals surface area (Å²) in [7, 11) is 0. The minimum absolute atomic E-state index is 0.00802. The first-order chi connectivity index (χ1) is 10.2. The maximum atomic E-state index is 12.5. The van der Waals surface area contributed by atoms with E-state index in [-0.39, 0.29) is 5.91 Å². The predicted molar refractivity (Wildman–Crippen MR) is 81.2 cm³/mol. The summed E-state index contributed by atoms with van der Waals surface area (Å²) in [6.45, 7) is 3.46. The third kappa shape index (κ3) is 3.44. The summed E-state index contributed by atoms with van der Waals surface area (Å²) in [6.07, 6.45) is 8.21. The molecule has 0 radical (unpaired) electrons. The summed E-state index contributed by atoms with van der Waals surface area (Å²) in [5.41, 5.74) is 1.27. The van der Waals surface area contributed by atoms with Gasteiger partial charge in [0.2, 0.25) is 0 Å². The smallest absolute Gasteiger partial charge is 0.274 e. The highest BCUT2D eigenvalue weighted by Crippen LogP contribution is 2.22. The van der Waals surface area contributed by atoms with Crippen LogP contribution < -0.4 is 0 Å². The van der Waals surface area contributed by atoms with Crippen molar-refractivity contribution in [1.82, 2.24) is 19.9 Å². The van der Waals surface area contributed by atoms with Gasteiger partial charge in [-0.1, -0.05) is 0 Å². The zero-order valence-corrected chi connectivity index (χ0v) is 12.8. The first-order valence-electron chi connectivity index (χ1n) is 7.18. The standard InChI is InChI=1S/C15H18N4OS/c1-11-8-18-13(9-17-11)15(20)19-5-2-3-12(10-19)7-14-16-4-6-21-14/h4,6,8-9,12H,2-3,5,7,10H2,1H3/t12-/m1/s1. The first-order valence-corrected chi connectivity index (χ1v) is 8.06. The molecule has 3 heterocycles. The third-order valence-electron chi connectivity index (χ3n) is 3.75. The Kier molecular flexibility index (Phi) is 4.24. The van der Waals surface area contributed by atoms with Gasteiger partial charge in [-0.2, -0.15) is 0 Å². The third-order valence-corrected chi connectivity index (χ3v) is 4.55. The van der Waals surface area contributed by atoms with Gasteiger partial charge in [0.15, 0.2) is 0 Å². The molecule has 2 aromatic heterocycles. The number of thiazole rings is 1. The lowest BCUT2D eigenvalue weighted by Gasteiger charge is -2.32. The summed E-state index contributed by atoms with van der Waals surface area (Å²) in [6, 6.07) is 0. The van der Waals surface area contributed by atoms with E-state index >= 15 is 0 Å². The maximum absolute atomic E-state index is 12.5. The van der Waals surface area contributed by atoms with Gasteiger partial charge in [-0.25, -0.2) is 9.97 Å². The van der Waals surface area contributed by atoms with E-state index in [2.05, 4.69) is 15.0 Å². The van der Waals surface area contributed by atoms with Crippen LogP contribution in [0.15, 0.2) is 24.0 Å². The molecule has 0 N–H and O–H groups in total. The fourth-order valence-electron chi connectivity index (χ4n) is 2.68. The van der Waals surface area contributed by atoms with Gasteiger partial charge >= 0.3 is 0 Å². The van der Waals surface area contributed by atoms with Crippen LogP contribution >= 0.6 is 11.3 Å². The molecule has 21 heavy (non-hydrogen) atoms. The van der Waals surface area contributed by atoms with Crippen LogP contribution in [-0.2, 0) is 6.42 Å². The molecular formula is C15H18N4OS. The van der Waals surface area contributed by atoms with E-state index < -0.39 is 0 Å². The highest BCUT2D eigenvalue weighted by molar-refractivity contribution is 7.09. The Morgan fingerprint density at radius 2 is 2.29 bits per heavy atom. The van der Waals surface area contributed by atoms with Gasteiger partial charge in [-0.05, 0) is 25.7 Å².